The highest BCUT2D eigenvalue weighted by molar-refractivity contribution is 6.36. The lowest BCUT2D eigenvalue weighted by atomic mass is 10.2. The van der Waals surface area contributed by atoms with E-state index < -0.39 is 0 Å². The lowest BCUT2D eigenvalue weighted by Crippen LogP contribution is -2.00. The van der Waals surface area contributed by atoms with Gasteiger partial charge in [0.2, 0.25) is 0 Å². The number of benzene rings is 2. The van der Waals surface area contributed by atoms with E-state index in [9.17, 15) is 0 Å². The van der Waals surface area contributed by atoms with E-state index >= 15 is 0 Å². The summed E-state index contributed by atoms with van der Waals surface area (Å²) >= 11 is 12.0. The Kier molecular flexibility index (Phi) is 4.94. The Balaban J connectivity index is 1.98. The highest BCUT2D eigenvalue weighted by Gasteiger charge is 2.01. The number of ether oxygens (including phenoxy) is 1. The largest absolute Gasteiger partial charge is 0.494 e. The number of hydrogen-bond donors (Lipinski definition) is 1. The minimum Gasteiger partial charge on any atom is -0.494 e. The van der Waals surface area contributed by atoms with E-state index in [1.165, 1.54) is 0 Å². The van der Waals surface area contributed by atoms with Gasteiger partial charge in [0.25, 0.3) is 0 Å². The number of hydrogen-bond acceptors (Lipinski definition) is 2. The molecule has 0 spiro atoms. The Morgan fingerprint density at radius 3 is 2.42 bits per heavy atom. The molecule has 0 unspecified atom stereocenters. The summed E-state index contributed by atoms with van der Waals surface area (Å²) < 4.78 is 5.40. The van der Waals surface area contributed by atoms with E-state index in [2.05, 4.69) is 5.32 Å². The summed E-state index contributed by atoms with van der Waals surface area (Å²) in [5, 5.41) is 4.54. The number of nitrogens with one attached hydrogen (secondary N) is 1. The van der Waals surface area contributed by atoms with Crippen molar-refractivity contribution in [3.05, 3.63) is 58.1 Å². The molecule has 1 N–H and O–H groups in total. The first kappa shape index (κ1) is 14.0. The molecule has 100 valence electrons. The SMILES string of the molecule is CCOc1ccc(CNc2ccc(Cl)cc2Cl)cc1. The Morgan fingerprint density at radius 1 is 1.05 bits per heavy atom. The maximum absolute atomic E-state index is 6.10. The molecule has 0 aliphatic carbocycles. The summed E-state index contributed by atoms with van der Waals surface area (Å²) in [6, 6.07) is 13.4. The lowest BCUT2D eigenvalue weighted by molar-refractivity contribution is 0.340. The summed E-state index contributed by atoms with van der Waals surface area (Å²) in [4.78, 5) is 0. The number of anilines is 1. The van der Waals surface area contributed by atoms with Crippen LogP contribution in [0.25, 0.3) is 0 Å². The molecule has 0 amide bonds. The van der Waals surface area contributed by atoms with E-state index in [1.54, 1.807) is 6.07 Å². The quantitative estimate of drug-likeness (QED) is 0.838. The predicted octanol–water partition coefficient (Wildman–Crippen LogP) is 5.00. The zero-order valence-electron chi connectivity index (χ0n) is 10.6. The molecule has 0 aliphatic heterocycles. The molecular weight excluding hydrogens is 281 g/mol. The zero-order chi connectivity index (χ0) is 13.7. The average molecular weight is 296 g/mol. The Morgan fingerprint density at radius 2 is 1.79 bits per heavy atom. The van der Waals surface area contributed by atoms with Gasteiger partial charge in [-0.2, -0.15) is 0 Å². The summed E-state index contributed by atoms with van der Waals surface area (Å²) in [6.45, 7) is 3.35. The molecule has 2 nitrogen and oxygen atoms in total. The zero-order valence-corrected chi connectivity index (χ0v) is 12.1. The Labute approximate surface area is 123 Å². The van der Waals surface area contributed by atoms with Gasteiger partial charge in [-0.25, -0.2) is 0 Å². The molecule has 0 bridgehead atoms. The summed E-state index contributed by atoms with van der Waals surface area (Å²) in [5.41, 5.74) is 2.04. The van der Waals surface area contributed by atoms with Crippen LogP contribution in [0.2, 0.25) is 10.0 Å². The molecular formula is C15H15Cl2NO. The van der Waals surface area contributed by atoms with Crippen molar-refractivity contribution in [2.75, 3.05) is 11.9 Å². The number of rotatable bonds is 5. The highest BCUT2D eigenvalue weighted by Crippen LogP contribution is 2.25. The van der Waals surface area contributed by atoms with E-state index in [4.69, 9.17) is 27.9 Å². The maximum Gasteiger partial charge on any atom is 0.119 e. The van der Waals surface area contributed by atoms with Gasteiger partial charge >= 0.3 is 0 Å². The van der Waals surface area contributed by atoms with Gasteiger partial charge in [0, 0.05) is 11.6 Å². The van der Waals surface area contributed by atoms with Crippen molar-refractivity contribution >= 4 is 28.9 Å². The third kappa shape index (κ3) is 4.05. The number of halogens is 2. The van der Waals surface area contributed by atoms with E-state index in [0.29, 0.717) is 23.2 Å². The topological polar surface area (TPSA) is 21.3 Å². The van der Waals surface area contributed by atoms with Crippen molar-refractivity contribution in [1.29, 1.82) is 0 Å². The van der Waals surface area contributed by atoms with Crippen LogP contribution >= 0.6 is 23.2 Å². The van der Waals surface area contributed by atoms with Crippen LogP contribution in [0.4, 0.5) is 5.69 Å². The molecule has 2 aromatic carbocycles. The van der Waals surface area contributed by atoms with Gasteiger partial charge in [-0.05, 0) is 42.8 Å². The first-order chi connectivity index (χ1) is 9.19. The van der Waals surface area contributed by atoms with Gasteiger partial charge in [0.1, 0.15) is 5.75 Å². The summed E-state index contributed by atoms with van der Waals surface area (Å²) in [7, 11) is 0. The van der Waals surface area contributed by atoms with Gasteiger partial charge in [0.05, 0.1) is 17.3 Å². The first-order valence-electron chi connectivity index (χ1n) is 6.09. The molecule has 0 aliphatic rings. The van der Waals surface area contributed by atoms with Crippen LogP contribution in [0.5, 0.6) is 5.75 Å². The van der Waals surface area contributed by atoms with Crippen LogP contribution in [-0.4, -0.2) is 6.61 Å². The van der Waals surface area contributed by atoms with Crippen molar-refractivity contribution < 1.29 is 4.74 Å². The van der Waals surface area contributed by atoms with Gasteiger partial charge in [-0.15, -0.1) is 0 Å². The minimum atomic E-state index is 0.624. The molecule has 19 heavy (non-hydrogen) atoms. The van der Waals surface area contributed by atoms with Gasteiger partial charge in [-0.1, -0.05) is 35.3 Å². The molecule has 0 heterocycles. The monoisotopic (exact) mass is 295 g/mol. The van der Waals surface area contributed by atoms with Crippen molar-refractivity contribution in [2.45, 2.75) is 13.5 Å². The fourth-order valence-corrected chi connectivity index (χ4v) is 2.18. The fourth-order valence-electron chi connectivity index (χ4n) is 1.70. The van der Waals surface area contributed by atoms with Gasteiger partial charge in [-0.3, -0.25) is 0 Å². The molecule has 0 saturated carbocycles. The second kappa shape index (κ2) is 6.69. The molecule has 0 saturated heterocycles. The lowest BCUT2D eigenvalue weighted by Gasteiger charge is -2.09. The van der Waals surface area contributed by atoms with E-state index in [0.717, 1.165) is 17.0 Å². The van der Waals surface area contributed by atoms with E-state index in [1.807, 2.05) is 43.3 Å². The molecule has 0 atom stereocenters. The Bertz CT molecular complexity index is 540. The van der Waals surface area contributed by atoms with Crippen molar-refractivity contribution in [3.8, 4) is 5.75 Å². The fraction of sp³-hybridized carbons (Fsp3) is 0.200. The Hall–Kier alpha value is -1.38. The van der Waals surface area contributed by atoms with E-state index in [-0.39, 0.29) is 0 Å². The van der Waals surface area contributed by atoms with Crippen molar-refractivity contribution in [3.63, 3.8) is 0 Å². The van der Waals surface area contributed by atoms with Crippen molar-refractivity contribution in [1.82, 2.24) is 0 Å². The highest BCUT2D eigenvalue weighted by atomic mass is 35.5. The van der Waals surface area contributed by atoms with Gasteiger partial charge in [0.15, 0.2) is 0 Å². The molecule has 0 aromatic heterocycles. The average Bonchev–Trinajstić information content (AvgIpc) is 2.40. The van der Waals surface area contributed by atoms with Crippen LogP contribution in [0, 0.1) is 0 Å². The predicted molar refractivity (Wildman–Crippen MR) is 81.4 cm³/mol. The van der Waals surface area contributed by atoms with Crippen LogP contribution in [0.15, 0.2) is 42.5 Å². The first-order valence-corrected chi connectivity index (χ1v) is 6.85. The standard InChI is InChI=1S/C15H15Cl2NO/c1-2-19-13-6-3-11(4-7-13)10-18-15-8-5-12(16)9-14(15)17/h3-9,18H,2,10H2,1H3. The molecule has 2 rings (SSSR count). The third-order valence-corrected chi connectivity index (χ3v) is 3.20. The normalized spacial score (nSPS) is 10.3. The second-order valence-corrected chi connectivity index (χ2v) is 4.90. The minimum absolute atomic E-state index is 0.624. The van der Waals surface area contributed by atoms with Crippen molar-refractivity contribution in [2.24, 2.45) is 0 Å². The summed E-state index contributed by atoms with van der Waals surface area (Å²) in [6.07, 6.45) is 0. The molecule has 0 radical (unpaired) electrons. The van der Waals surface area contributed by atoms with Crippen LogP contribution < -0.4 is 10.1 Å². The third-order valence-electron chi connectivity index (χ3n) is 2.65. The molecule has 0 fully saturated rings. The van der Waals surface area contributed by atoms with Crippen LogP contribution in [0.1, 0.15) is 12.5 Å². The van der Waals surface area contributed by atoms with Crippen LogP contribution in [-0.2, 0) is 6.54 Å². The summed E-state index contributed by atoms with van der Waals surface area (Å²) in [5.74, 6) is 0.885. The molecule has 2 aromatic rings. The smallest absolute Gasteiger partial charge is 0.119 e. The second-order valence-electron chi connectivity index (χ2n) is 4.05. The van der Waals surface area contributed by atoms with Gasteiger partial charge < -0.3 is 10.1 Å². The van der Waals surface area contributed by atoms with Crippen LogP contribution in [0.3, 0.4) is 0 Å². The maximum atomic E-state index is 6.10. The molecule has 4 heteroatoms.